The SMILES string of the molecule is C/C(N)=C/C=C(\C1CC1)C(F)(F)F. The molecule has 74 valence electrons. The van der Waals surface area contributed by atoms with Crippen LogP contribution in [0.1, 0.15) is 19.8 Å². The van der Waals surface area contributed by atoms with Crippen LogP contribution < -0.4 is 5.73 Å². The van der Waals surface area contributed by atoms with Crippen LogP contribution in [0.4, 0.5) is 13.2 Å². The van der Waals surface area contributed by atoms with E-state index in [2.05, 4.69) is 0 Å². The van der Waals surface area contributed by atoms with E-state index in [0.29, 0.717) is 18.5 Å². The number of halogens is 3. The molecule has 0 atom stereocenters. The zero-order chi connectivity index (χ0) is 10.1. The van der Waals surface area contributed by atoms with Gasteiger partial charge in [0.1, 0.15) is 0 Å². The summed E-state index contributed by atoms with van der Waals surface area (Å²) in [6.45, 7) is 1.57. The molecule has 0 radical (unpaired) electrons. The number of hydrogen-bond acceptors (Lipinski definition) is 1. The highest BCUT2D eigenvalue weighted by molar-refractivity contribution is 5.24. The smallest absolute Gasteiger partial charge is 0.402 e. The minimum absolute atomic E-state index is 0.296. The summed E-state index contributed by atoms with van der Waals surface area (Å²) in [5.41, 5.74) is 5.20. The van der Waals surface area contributed by atoms with Gasteiger partial charge < -0.3 is 5.73 Å². The first-order chi connectivity index (χ1) is 5.91. The van der Waals surface area contributed by atoms with Gasteiger partial charge in [-0.3, -0.25) is 0 Å². The van der Waals surface area contributed by atoms with E-state index in [0.717, 1.165) is 6.08 Å². The molecular weight excluding hydrogens is 179 g/mol. The minimum Gasteiger partial charge on any atom is -0.402 e. The second-order valence-electron chi connectivity index (χ2n) is 3.30. The predicted molar refractivity (Wildman–Crippen MR) is 44.8 cm³/mol. The second-order valence-corrected chi connectivity index (χ2v) is 3.30. The lowest BCUT2D eigenvalue weighted by atomic mass is 10.1. The highest BCUT2D eigenvalue weighted by atomic mass is 19.4. The van der Waals surface area contributed by atoms with Crippen LogP contribution in [0.5, 0.6) is 0 Å². The minimum atomic E-state index is -4.20. The molecule has 13 heavy (non-hydrogen) atoms. The molecule has 0 amide bonds. The third-order valence-corrected chi connectivity index (χ3v) is 1.87. The van der Waals surface area contributed by atoms with Gasteiger partial charge in [-0.25, -0.2) is 0 Å². The first-order valence-corrected chi connectivity index (χ1v) is 4.12. The van der Waals surface area contributed by atoms with Crippen molar-refractivity contribution >= 4 is 0 Å². The summed E-state index contributed by atoms with van der Waals surface area (Å²) < 4.78 is 37.0. The van der Waals surface area contributed by atoms with Gasteiger partial charge in [0, 0.05) is 11.3 Å². The van der Waals surface area contributed by atoms with Gasteiger partial charge in [0.2, 0.25) is 0 Å². The Morgan fingerprint density at radius 3 is 2.15 bits per heavy atom. The van der Waals surface area contributed by atoms with Crippen molar-refractivity contribution in [3.8, 4) is 0 Å². The highest BCUT2D eigenvalue weighted by Gasteiger charge is 2.42. The summed E-state index contributed by atoms with van der Waals surface area (Å²) in [7, 11) is 0. The molecule has 0 aliphatic heterocycles. The third-order valence-electron chi connectivity index (χ3n) is 1.87. The van der Waals surface area contributed by atoms with E-state index in [1.165, 1.54) is 6.08 Å². The molecule has 1 aliphatic carbocycles. The van der Waals surface area contributed by atoms with Gasteiger partial charge >= 0.3 is 6.18 Å². The van der Waals surface area contributed by atoms with Gasteiger partial charge in [-0.1, -0.05) is 6.08 Å². The fourth-order valence-electron chi connectivity index (χ4n) is 1.08. The molecule has 1 rings (SSSR count). The maximum Gasteiger partial charge on any atom is 0.412 e. The van der Waals surface area contributed by atoms with Gasteiger partial charge in [-0.15, -0.1) is 0 Å². The van der Waals surface area contributed by atoms with Crippen molar-refractivity contribution in [2.75, 3.05) is 0 Å². The van der Waals surface area contributed by atoms with Gasteiger partial charge in [-0.05, 0) is 31.8 Å². The molecule has 0 saturated heterocycles. The normalized spacial score (nSPS) is 20.6. The Morgan fingerprint density at radius 2 is 1.85 bits per heavy atom. The van der Waals surface area contributed by atoms with Crippen molar-refractivity contribution in [2.45, 2.75) is 25.9 Å². The molecule has 0 aromatic rings. The summed E-state index contributed by atoms with van der Waals surface area (Å²) in [4.78, 5) is 0. The van der Waals surface area contributed by atoms with Gasteiger partial charge in [-0.2, -0.15) is 13.2 Å². The monoisotopic (exact) mass is 191 g/mol. The molecule has 1 aliphatic rings. The molecular formula is C9H12F3N. The van der Waals surface area contributed by atoms with Crippen molar-refractivity contribution in [1.29, 1.82) is 0 Å². The quantitative estimate of drug-likeness (QED) is 0.667. The summed E-state index contributed by atoms with van der Waals surface area (Å²) in [5, 5.41) is 0. The standard InChI is InChI=1S/C9H12F3N/c1-6(13)2-5-8(7-3-4-7)9(10,11)12/h2,5,7H,3-4,13H2,1H3/b6-2-,8-5+. The summed E-state index contributed by atoms with van der Waals surface area (Å²) >= 11 is 0. The molecule has 1 fully saturated rings. The van der Waals surface area contributed by atoms with Crippen LogP contribution >= 0.6 is 0 Å². The summed E-state index contributed by atoms with van der Waals surface area (Å²) in [6, 6.07) is 0. The van der Waals surface area contributed by atoms with E-state index >= 15 is 0 Å². The average molecular weight is 191 g/mol. The first kappa shape index (κ1) is 10.2. The largest absolute Gasteiger partial charge is 0.412 e. The van der Waals surface area contributed by atoms with Crippen molar-refractivity contribution in [2.24, 2.45) is 11.7 Å². The topological polar surface area (TPSA) is 26.0 Å². The molecule has 2 N–H and O–H groups in total. The number of nitrogens with two attached hydrogens (primary N) is 1. The van der Waals surface area contributed by atoms with Crippen LogP contribution in [0.25, 0.3) is 0 Å². The fourth-order valence-corrected chi connectivity index (χ4v) is 1.08. The maximum atomic E-state index is 12.3. The van der Waals surface area contributed by atoms with Crippen molar-refractivity contribution < 1.29 is 13.2 Å². The van der Waals surface area contributed by atoms with E-state index in [1.807, 2.05) is 0 Å². The number of alkyl halides is 3. The Labute approximate surface area is 75.1 Å². The number of allylic oxidation sites excluding steroid dienone is 4. The maximum absolute atomic E-state index is 12.3. The van der Waals surface area contributed by atoms with Crippen LogP contribution in [0.2, 0.25) is 0 Å². The zero-order valence-electron chi connectivity index (χ0n) is 7.36. The lowest BCUT2D eigenvalue weighted by Gasteiger charge is -2.09. The van der Waals surface area contributed by atoms with E-state index < -0.39 is 11.7 Å². The lowest BCUT2D eigenvalue weighted by Crippen LogP contribution is -2.13. The molecule has 0 aromatic carbocycles. The molecule has 0 bridgehead atoms. The Hall–Kier alpha value is -0.930. The molecule has 4 heteroatoms. The molecule has 1 saturated carbocycles. The van der Waals surface area contributed by atoms with Gasteiger partial charge in [0.15, 0.2) is 0 Å². The third kappa shape index (κ3) is 3.13. The highest BCUT2D eigenvalue weighted by Crippen LogP contribution is 2.44. The van der Waals surface area contributed by atoms with Crippen molar-refractivity contribution in [3.05, 3.63) is 23.4 Å². The molecule has 1 nitrogen and oxygen atoms in total. The Balaban J connectivity index is 2.79. The van der Waals surface area contributed by atoms with E-state index in [9.17, 15) is 13.2 Å². The Kier molecular flexibility index (Phi) is 2.68. The van der Waals surface area contributed by atoms with E-state index in [4.69, 9.17) is 5.73 Å². The van der Waals surface area contributed by atoms with Crippen LogP contribution in [0.3, 0.4) is 0 Å². The van der Waals surface area contributed by atoms with E-state index in [-0.39, 0.29) is 5.92 Å². The van der Waals surface area contributed by atoms with Gasteiger partial charge in [0.05, 0.1) is 0 Å². The zero-order valence-corrected chi connectivity index (χ0v) is 7.36. The van der Waals surface area contributed by atoms with Crippen molar-refractivity contribution in [1.82, 2.24) is 0 Å². The summed E-state index contributed by atoms with van der Waals surface area (Å²) in [6.07, 6.45) is -0.521. The first-order valence-electron chi connectivity index (χ1n) is 4.12. The van der Waals surface area contributed by atoms with Crippen LogP contribution in [-0.2, 0) is 0 Å². The lowest BCUT2D eigenvalue weighted by molar-refractivity contribution is -0.0954. The molecule has 0 spiro atoms. The molecule has 0 aromatic heterocycles. The predicted octanol–water partition coefficient (Wildman–Crippen LogP) is 2.75. The van der Waals surface area contributed by atoms with Crippen LogP contribution in [0, 0.1) is 5.92 Å². The average Bonchev–Trinajstić information content (AvgIpc) is 2.67. The molecule has 0 unspecified atom stereocenters. The Morgan fingerprint density at radius 1 is 1.31 bits per heavy atom. The number of hydrogen-bond donors (Lipinski definition) is 1. The number of rotatable bonds is 2. The molecule has 0 heterocycles. The fraction of sp³-hybridized carbons (Fsp3) is 0.556. The van der Waals surface area contributed by atoms with E-state index in [1.54, 1.807) is 6.92 Å². The Bertz CT molecular complexity index is 242. The second kappa shape index (κ2) is 3.44. The summed E-state index contributed by atoms with van der Waals surface area (Å²) in [5.74, 6) is -0.296. The van der Waals surface area contributed by atoms with Crippen LogP contribution in [-0.4, -0.2) is 6.18 Å². The van der Waals surface area contributed by atoms with Gasteiger partial charge in [0.25, 0.3) is 0 Å². The van der Waals surface area contributed by atoms with Crippen molar-refractivity contribution in [3.63, 3.8) is 0 Å². The van der Waals surface area contributed by atoms with Crippen LogP contribution in [0.15, 0.2) is 23.4 Å².